The molecular weight excluding hydrogens is 325 g/mol. The molecule has 6 nitrogen and oxygen atoms in total. The molecule has 0 aromatic carbocycles. The fraction of sp³-hybridized carbons (Fsp3) is 0.600. The van der Waals surface area contributed by atoms with Crippen LogP contribution in [0, 0.1) is 5.92 Å². The lowest BCUT2D eigenvalue weighted by Crippen LogP contribution is -2.46. The molecule has 2 rings (SSSR count). The number of hydrogen-bond acceptors (Lipinski definition) is 3. The maximum absolute atomic E-state index is 12.8. The van der Waals surface area contributed by atoms with Gasteiger partial charge in [0.25, 0.3) is 5.91 Å². The van der Waals surface area contributed by atoms with Crippen LogP contribution in [0.1, 0.15) is 42.0 Å². The number of aliphatic imine (C=N–C) groups is 1. The highest BCUT2D eigenvalue weighted by Gasteiger charge is 2.42. The van der Waals surface area contributed by atoms with Crippen LogP contribution < -0.4 is 16.4 Å². The minimum atomic E-state index is -4.16. The highest BCUT2D eigenvalue weighted by molar-refractivity contribution is 5.89. The van der Waals surface area contributed by atoms with Crippen molar-refractivity contribution in [2.75, 3.05) is 7.05 Å². The molecule has 2 unspecified atom stereocenters. The van der Waals surface area contributed by atoms with Crippen LogP contribution in [0.4, 0.5) is 13.2 Å². The van der Waals surface area contributed by atoms with Gasteiger partial charge in [0.1, 0.15) is 5.76 Å². The van der Waals surface area contributed by atoms with Gasteiger partial charge in [0.05, 0.1) is 12.5 Å². The van der Waals surface area contributed by atoms with Gasteiger partial charge in [-0.1, -0.05) is 6.42 Å². The van der Waals surface area contributed by atoms with E-state index in [0.717, 1.165) is 0 Å². The molecule has 24 heavy (non-hydrogen) atoms. The van der Waals surface area contributed by atoms with Gasteiger partial charge in [0, 0.05) is 13.1 Å². The van der Waals surface area contributed by atoms with Crippen LogP contribution in [0.3, 0.4) is 0 Å². The number of carbonyl (C=O) groups excluding carboxylic acids is 1. The van der Waals surface area contributed by atoms with E-state index in [2.05, 4.69) is 15.6 Å². The predicted molar refractivity (Wildman–Crippen MR) is 82.4 cm³/mol. The van der Waals surface area contributed by atoms with Crippen molar-refractivity contribution < 1.29 is 22.4 Å². The molecule has 1 aliphatic rings. The van der Waals surface area contributed by atoms with Crippen LogP contribution in [0.5, 0.6) is 0 Å². The van der Waals surface area contributed by atoms with Crippen molar-refractivity contribution in [3.8, 4) is 0 Å². The normalized spacial score (nSPS) is 22.2. The van der Waals surface area contributed by atoms with Crippen molar-refractivity contribution in [3.63, 3.8) is 0 Å². The maximum Gasteiger partial charge on any atom is 0.391 e. The SMILES string of the molecule is CN=C(NCc1ccc(C(N)=O)o1)NC1CCCC(C(F)(F)F)C1. The zero-order chi connectivity index (χ0) is 17.7. The van der Waals surface area contributed by atoms with Crippen molar-refractivity contribution in [2.24, 2.45) is 16.6 Å². The summed E-state index contributed by atoms with van der Waals surface area (Å²) in [5.74, 6) is -1.02. The van der Waals surface area contributed by atoms with E-state index in [4.69, 9.17) is 10.2 Å². The number of primary amides is 1. The fourth-order valence-electron chi connectivity index (χ4n) is 2.78. The van der Waals surface area contributed by atoms with Gasteiger partial charge in [-0.3, -0.25) is 9.79 Å². The number of nitrogens with two attached hydrogens (primary N) is 1. The average molecular weight is 346 g/mol. The number of hydrogen-bond donors (Lipinski definition) is 3. The first-order chi connectivity index (χ1) is 11.3. The van der Waals surface area contributed by atoms with Crippen molar-refractivity contribution in [2.45, 2.75) is 44.4 Å². The molecule has 0 bridgehead atoms. The Morgan fingerprint density at radius 3 is 2.75 bits per heavy atom. The Labute approximate surface area is 137 Å². The number of nitrogens with one attached hydrogen (secondary N) is 2. The number of rotatable bonds is 4. The number of alkyl halides is 3. The topological polar surface area (TPSA) is 92.6 Å². The predicted octanol–water partition coefficient (Wildman–Crippen LogP) is 2.16. The number of amides is 1. The number of halogens is 3. The number of furan rings is 1. The van der Waals surface area contributed by atoms with E-state index in [9.17, 15) is 18.0 Å². The second kappa shape index (κ2) is 7.59. The van der Waals surface area contributed by atoms with E-state index in [1.807, 2.05) is 0 Å². The Balaban J connectivity index is 1.86. The Morgan fingerprint density at radius 2 is 2.17 bits per heavy atom. The quantitative estimate of drug-likeness (QED) is 0.575. The monoisotopic (exact) mass is 346 g/mol. The molecule has 0 saturated heterocycles. The average Bonchev–Trinajstić information content (AvgIpc) is 3.00. The third kappa shape index (κ3) is 4.90. The van der Waals surface area contributed by atoms with E-state index < -0.39 is 18.0 Å². The molecule has 1 aliphatic carbocycles. The lowest BCUT2D eigenvalue weighted by atomic mass is 9.85. The molecular formula is C15H21F3N4O2. The van der Waals surface area contributed by atoms with E-state index in [0.29, 0.717) is 24.6 Å². The number of nitrogens with zero attached hydrogens (tertiary/aromatic N) is 1. The molecule has 1 saturated carbocycles. The van der Waals surface area contributed by atoms with E-state index >= 15 is 0 Å². The highest BCUT2D eigenvalue weighted by atomic mass is 19.4. The van der Waals surface area contributed by atoms with Gasteiger partial charge in [-0.2, -0.15) is 13.2 Å². The zero-order valence-corrected chi connectivity index (χ0v) is 13.3. The number of guanidine groups is 1. The van der Waals surface area contributed by atoms with Crippen molar-refractivity contribution >= 4 is 11.9 Å². The Bertz CT molecular complexity index is 598. The molecule has 0 radical (unpaired) electrons. The number of carbonyl (C=O) groups is 1. The van der Waals surface area contributed by atoms with Crippen molar-refractivity contribution in [1.29, 1.82) is 0 Å². The molecule has 4 N–H and O–H groups in total. The molecule has 0 aliphatic heterocycles. The zero-order valence-electron chi connectivity index (χ0n) is 13.3. The largest absolute Gasteiger partial charge is 0.454 e. The minimum absolute atomic E-state index is 0.0385. The van der Waals surface area contributed by atoms with Crippen LogP contribution in [0.25, 0.3) is 0 Å². The van der Waals surface area contributed by atoms with Crippen LogP contribution >= 0.6 is 0 Å². The highest BCUT2D eigenvalue weighted by Crippen LogP contribution is 2.37. The first-order valence-corrected chi connectivity index (χ1v) is 7.72. The Kier molecular flexibility index (Phi) is 5.74. The van der Waals surface area contributed by atoms with E-state index in [-0.39, 0.29) is 31.2 Å². The van der Waals surface area contributed by atoms with Crippen LogP contribution in [-0.2, 0) is 6.54 Å². The molecule has 1 aromatic rings. The van der Waals surface area contributed by atoms with E-state index in [1.54, 1.807) is 6.07 Å². The molecule has 1 fully saturated rings. The Hall–Kier alpha value is -2.19. The summed E-state index contributed by atoms with van der Waals surface area (Å²) in [4.78, 5) is 15.0. The molecule has 9 heteroatoms. The summed E-state index contributed by atoms with van der Waals surface area (Å²) in [6.45, 7) is 0.238. The van der Waals surface area contributed by atoms with Gasteiger partial charge >= 0.3 is 6.18 Å². The summed E-state index contributed by atoms with van der Waals surface area (Å²) in [7, 11) is 1.54. The smallest absolute Gasteiger partial charge is 0.391 e. The second-order valence-corrected chi connectivity index (χ2v) is 5.80. The first-order valence-electron chi connectivity index (χ1n) is 7.72. The van der Waals surface area contributed by atoms with Crippen LogP contribution in [0.2, 0.25) is 0 Å². The fourth-order valence-corrected chi connectivity index (χ4v) is 2.78. The van der Waals surface area contributed by atoms with Gasteiger partial charge in [-0.25, -0.2) is 0 Å². The maximum atomic E-state index is 12.8. The molecule has 134 valence electrons. The summed E-state index contributed by atoms with van der Waals surface area (Å²) in [5.41, 5.74) is 5.10. The molecule has 1 aromatic heterocycles. The standard InChI is InChI=1S/C15H21F3N4O2/c1-20-14(21-8-11-5-6-12(24-11)13(19)23)22-10-4-2-3-9(7-10)15(16,17)18/h5-6,9-10H,2-4,7-8H2,1H3,(H2,19,23)(H2,20,21,22). The third-order valence-electron chi connectivity index (χ3n) is 4.04. The lowest BCUT2D eigenvalue weighted by Gasteiger charge is -2.31. The lowest BCUT2D eigenvalue weighted by molar-refractivity contribution is -0.183. The summed E-state index contributed by atoms with van der Waals surface area (Å²) in [6, 6.07) is 2.78. The Morgan fingerprint density at radius 1 is 1.42 bits per heavy atom. The molecule has 1 amide bonds. The van der Waals surface area contributed by atoms with Gasteiger partial charge < -0.3 is 20.8 Å². The van der Waals surface area contributed by atoms with Crippen molar-refractivity contribution in [3.05, 3.63) is 23.7 Å². The van der Waals surface area contributed by atoms with E-state index in [1.165, 1.54) is 13.1 Å². The second-order valence-electron chi connectivity index (χ2n) is 5.80. The minimum Gasteiger partial charge on any atom is -0.454 e. The first kappa shape index (κ1) is 18.2. The van der Waals surface area contributed by atoms with Gasteiger partial charge in [0.15, 0.2) is 11.7 Å². The summed E-state index contributed by atoms with van der Waals surface area (Å²) in [6.07, 6.45) is -2.75. The van der Waals surface area contributed by atoms with Crippen LogP contribution in [-0.4, -0.2) is 31.1 Å². The molecule has 2 atom stereocenters. The van der Waals surface area contributed by atoms with Gasteiger partial charge in [-0.05, 0) is 31.4 Å². The van der Waals surface area contributed by atoms with Crippen LogP contribution in [0.15, 0.2) is 21.5 Å². The summed E-state index contributed by atoms with van der Waals surface area (Å²) < 4.78 is 43.8. The van der Waals surface area contributed by atoms with Gasteiger partial charge in [-0.15, -0.1) is 0 Å². The summed E-state index contributed by atoms with van der Waals surface area (Å²) >= 11 is 0. The third-order valence-corrected chi connectivity index (χ3v) is 4.04. The summed E-state index contributed by atoms with van der Waals surface area (Å²) in [5, 5.41) is 5.96. The molecule has 1 heterocycles. The van der Waals surface area contributed by atoms with Crippen molar-refractivity contribution in [1.82, 2.24) is 10.6 Å². The molecule has 0 spiro atoms. The van der Waals surface area contributed by atoms with Gasteiger partial charge in [0.2, 0.25) is 0 Å².